The summed E-state index contributed by atoms with van der Waals surface area (Å²) >= 11 is 0. The molecule has 1 saturated heterocycles. The maximum Gasteiger partial charge on any atom is 0.418 e. The molecule has 212 valence electrons. The number of aliphatic hydroxyl groups excluding tert-OH is 1. The van der Waals surface area contributed by atoms with E-state index in [2.05, 4.69) is 15.2 Å². The SMILES string of the molecule is Cn1cnnc1C1(c2cccc(-n3cc(C(F)(F)F)c4cc(CN5CC(F)CC(CO)C5)[nH]c4c3=O)c2)CCC1. The number of H-pyrrole nitrogens is 1. The van der Waals surface area contributed by atoms with Crippen LogP contribution in [0, 0.1) is 5.92 Å². The molecule has 0 bridgehead atoms. The van der Waals surface area contributed by atoms with Crippen molar-refractivity contribution in [1.29, 1.82) is 0 Å². The first kappa shape index (κ1) is 26.7. The minimum absolute atomic E-state index is 0.113. The van der Waals surface area contributed by atoms with Gasteiger partial charge in [0.2, 0.25) is 0 Å². The molecule has 0 amide bonds. The minimum Gasteiger partial charge on any atom is -0.396 e. The number of aromatic amines is 1. The normalized spacial score (nSPS) is 21.6. The molecule has 8 nitrogen and oxygen atoms in total. The molecule has 1 aromatic carbocycles. The van der Waals surface area contributed by atoms with Gasteiger partial charge in [-0.05, 0) is 48.9 Å². The summed E-state index contributed by atoms with van der Waals surface area (Å²) in [5.74, 6) is 0.532. The highest BCUT2D eigenvalue weighted by atomic mass is 19.4. The number of hydrogen-bond donors (Lipinski definition) is 2. The molecule has 2 fully saturated rings. The van der Waals surface area contributed by atoms with Crippen LogP contribution in [0.15, 0.2) is 47.7 Å². The van der Waals surface area contributed by atoms with Crippen LogP contribution in [0.4, 0.5) is 17.6 Å². The molecule has 0 radical (unpaired) electrons. The van der Waals surface area contributed by atoms with Crippen molar-refractivity contribution >= 4 is 10.9 Å². The average Bonchev–Trinajstić information content (AvgIpc) is 3.49. The fraction of sp³-hybridized carbons (Fsp3) is 0.464. The Kier molecular flexibility index (Phi) is 6.57. The van der Waals surface area contributed by atoms with E-state index in [0.717, 1.165) is 41.4 Å². The molecule has 2 atom stereocenters. The van der Waals surface area contributed by atoms with Gasteiger partial charge in [-0.1, -0.05) is 18.6 Å². The number of aliphatic hydroxyl groups is 1. The second-order valence-corrected chi connectivity index (χ2v) is 11.1. The Morgan fingerprint density at radius 3 is 2.65 bits per heavy atom. The number of halogens is 4. The lowest BCUT2D eigenvalue weighted by Gasteiger charge is -2.41. The number of piperidine rings is 1. The highest BCUT2D eigenvalue weighted by molar-refractivity contribution is 5.84. The molecule has 40 heavy (non-hydrogen) atoms. The van der Waals surface area contributed by atoms with E-state index in [1.165, 1.54) is 6.07 Å². The number of hydrogen-bond acceptors (Lipinski definition) is 5. The number of nitrogens with zero attached hydrogens (tertiary/aromatic N) is 5. The summed E-state index contributed by atoms with van der Waals surface area (Å²) in [6.45, 7) is 0.507. The maximum absolute atomic E-state index is 14.3. The molecular formula is C28H30F4N6O2. The van der Waals surface area contributed by atoms with Crippen molar-refractivity contribution in [2.45, 2.75) is 50.0 Å². The third kappa shape index (κ3) is 4.52. The van der Waals surface area contributed by atoms with Gasteiger partial charge in [-0.2, -0.15) is 13.2 Å². The summed E-state index contributed by atoms with van der Waals surface area (Å²) in [4.78, 5) is 18.3. The Balaban J connectivity index is 1.42. The zero-order valence-corrected chi connectivity index (χ0v) is 22.0. The van der Waals surface area contributed by atoms with Crippen molar-refractivity contribution in [2.75, 3.05) is 19.7 Å². The first-order valence-corrected chi connectivity index (χ1v) is 13.4. The van der Waals surface area contributed by atoms with E-state index in [1.807, 2.05) is 17.7 Å². The molecule has 4 heterocycles. The van der Waals surface area contributed by atoms with Gasteiger partial charge in [-0.3, -0.25) is 14.3 Å². The molecule has 2 unspecified atom stereocenters. The number of aromatic nitrogens is 5. The van der Waals surface area contributed by atoms with Gasteiger partial charge in [0.1, 0.15) is 23.8 Å². The average molecular weight is 559 g/mol. The molecular weight excluding hydrogens is 528 g/mol. The highest BCUT2D eigenvalue weighted by Gasteiger charge is 2.44. The van der Waals surface area contributed by atoms with E-state index < -0.39 is 28.9 Å². The summed E-state index contributed by atoms with van der Waals surface area (Å²) in [6.07, 6.45) is -0.502. The Morgan fingerprint density at radius 1 is 1.20 bits per heavy atom. The number of benzene rings is 1. The summed E-state index contributed by atoms with van der Waals surface area (Å²) in [7, 11) is 1.86. The number of fused-ring (bicyclic) bond motifs is 1. The fourth-order valence-corrected chi connectivity index (χ4v) is 6.35. The largest absolute Gasteiger partial charge is 0.418 e. The molecule has 3 aromatic heterocycles. The number of aryl methyl sites for hydroxylation is 1. The van der Waals surface area contributed by atoms with Gasteiger partial charge in [0.15, 0.2) is 0 Å². The van der Waals surface area contributed by atoms with Gasteiger partial charge >= 0.3 is 6.18 Å². The number of nitrogens with one attached hydrogen (secondary N) is 1. The molecule has 1 aliphatic carbocycles. The predicted octanol–water partition coefficient (Wildman–Crippen LogP) is 4.09. The van der Waals surface area contributed by atoms with Gasteiger partial charge in [0.25, 0.3) is 5.56 Å². The number of rotatable bonds is 6. The standard InChI is InChI=1S/C28H30F4N6O2/c1-36-16-33-35-26(36)27(6-3-7-27)18-4-2-5-21(9-18)38-14-23(28(30,31)32)22-10-20(34-24(22)25(38)40)13-37-11-17(15-39)8-19(29)12-37/h2,4-5,9-10,14,16-17,19,34,39H,3,6-8,11-13,15H2,1H3. The number of likely N-dealkylation sites (tertiary alicyclic amines) is 1. The predicted molar refractivity (Wildman–Crippen MR) is 140 cm³/mol. The maximum atomic E-state index is 14.3. The van der Waals surface area contributed by atoms with E-state index in [9.17, 15) is 27.5 Å². The summed E-state index contributed by atoms with van der Waals surface area (Å²) in [5, 5.41) is 17.6. The van der Waals surface area contributed by atoms with Crippen LogP contribution in [-0.4, -0.2) is 60.2 Å². The topological polar surface area (TPSA) is 92.0 Å². The van der Waals surface area contributed by atoms with E-state index >= 15 is 0 Å². The van der Waals surface area contributed by atoms with Crippen LogP contribution in [0.1, 0.15) is 48.3 Å². The Bertz CT molecular complexity index is 1600. The van der Waals surface area contributed by atoms with E-state index in [1.54, 1.807) is 29.4 Å². The minimum atomic E-state index is -4.71. The Labute approximate surface area is 227 Å². The smallest absolute Gasteiger partial charge is 0.396 e. The summed E-state index contributed by atoms with van der Waals surface area (Å²) in [6, 6.07) is 8.36. The molecule has 2 N–H and O–H groups in total. The lowest BCUT2D eigenvalue weighted by atomic mass is 9.63. The van der Waals surface area contributed by atoms with Gasteiger partial charge in [0, 0.05) is 56.3 Å². The van der Waals surface area contributed by atoms with Crippen molar-refractivity contribution in [3.05, 3.63) is 75.9 Å². The third-order valence-electron chi connectivity index (χ3n) is 8.40. The van der Waals surface area contributed by atoms with Crippen LogP contribution in [0.25, 0.3) is 16.6 Å². The second kappa shape index (κ2) is 9.84. The van der Waals surface area contributed by atoms with Crippen molar-refractivity contribution in [3.8, 4) is 5.69 Å². The lowest BCUT2D eigenvalue weighted by molar-refractivity contribution is -0.136. The van der Waals surface area contributed by atoms with E-state index in [0.29, 0.717) is 17.9 Å². The van der Waals surface area contributed by atoms with Gasteiger partial charge in [0.05, 0.1) is 11.0 Å². The van der Waals surface area contributed by atoms with Crippen LogP contribution in [-0.2, 0) is 25.2 Å². The fourth-order valence-electron chi connectivity index (χ4n) is 6.35. The molecule has 6 rings (SSSR count). The van der Waals surface area contributed by atoms with Crippen molar-refractivity contribution in [3.63, 3.8) is 0 Å². The third-order valence-corrected chi connectivity index (χ3v) is 8.40. The van der Waals surface area contributed by atoms with Crippen LogP contribution >= 0.6 is 0 Å². The van der Waals surface area contributed by atoms with Gasteiger partial charge in [-0.15, -0.1) is 10.2 Å². The number of alkyl halides is 4. The Hall–Kier alpha value is -3.51. The van der Waals surface area contributed by atoms with Gasteiger partial charge < -0.3 is 14.7 Å². The van der Waals surface area contributed by atoms with Crippen LogP contribution in [0.3, 0.4) is 0 Å². The highest BCUT2D eigenvalue weighted by Crippen LogP contribution is 2.48. The Morgan fingerprint density at radius 2 is 2.00 bits per heavy atom. The molecule has 0 spiro atoms. The molecule has 1 aliphatic heterocycles. The molecule has 12 heteroatoms. The van der Waals surface area contributed by atoms with Crippen LogP contribution in [0.5, 0.6) is 0 Å². The zero-order valence-electron chi connectivity index (χ0n) is 22.0. The van der Waals surface area contributed by atoms with Crippen molar-refractivity contribution < 1.29 is 22.7 Å². The molecule has 2 aliphatic rings. The van der Waals surface area contributed by atoms with Gasteiger partial charge in [-0.25, -0.2) is 4.39 Å². The lowest BCUT2D eigenvalue weighted by Crippen LogP contribution is -2.42. The zero-order chi connectivity index (χ0) is 28.2. The van der Waals surface area contributed by atoms with Crippen LogP contribution in [0.2, 0.25) is 0 Å². The molecule has 1 saturated carbocycles. The van der Waals surface area contributed by atoms with Crippen molar-refractivity contribution in [2.24, 2.45) is 13.0 Å². The van der Waals surface area contributed by atoms with E-state index in [4.69, 9.17) is 0 Å². The summed E-state index contributed by atoms with van der Waals surface area (Å²) in [5.41, 5.74) is -0.554. The van der Waals surface area contributed by atoms with Crippen molar-refractivity contribution in [1.82, 2.24) is 29.2 Å². The number of pyridine rings is 1. The quantitative estimate of drug-likeness (QED) is 0.348. The monoisotopic (exact) mass is 558 g/mol. The summed E-state index contributed by atoms with van der Waals surface area (Å²) < 4.78 is 59.9. The first-order chi connectivity index (χ1) is 19.1. The second-order valence-electron chi connectivity index (χ2n) is 11.1. The first-order valence-electron chi connectivity index (χ1n) is 13.4. The van der Waals surface area contributed by atoms with Crippen LogP contribution < -0.4 is 5.56 Å². The molecule has 4 aromatic rings. The van der Waals surface area contributed by atoms with E-state index in [-0.39, 0.29) is 42.9 Å².